The number of rotatable bonds is 5. The first kappa shape index (κ1) is 19.6. The van der Waals surface area contributed by atoms with Crippen molar-refractivity contribution in [2.45, 2.75) is 38.1 Å². The molecule has 2 aliphatic rings. The first-order chi connectivity index (χ1) is 11.7. The number of methoxy groups -OCH3 is 1. The lowest BCUT2D eigenvalue weighted by molar-refractivity contribution is -0.118. The second-order valence-corrected chi connectivity index (χ2v) is 6.58. The third kappa shape index (κ3) is 4.67. The van der Waals surface area contributed by atoms with Crippen molar-refractivity contribution in [1.29, 1.82) is 0 Å². The summed E-state index contributed by atoms with van der Waals surface area (Å²) >= 11 is 0. The zero-order valence-corrected chi connectivity index (χ0v) is 15.4. The van der Waals surface area contributed by atoms with Crippen LogP contribution in [-0.2, 0) is 4.79 Å². The van der Waals surface area contributed by atoms with E-state index in [0.717, 1.165) is 29.9 Å². The number of ether oxygens (including phenoxy) is 2. The SMILES string of the molecule is COc1ccc2c(c1)C=C(C(=O)NC(CN)C1CCCCC1)CO2.Cl. The average Bonchev–Trinajstić information content (AvgIpc) is 2.65. The molecule has 138 valence electrons. The van der Waals surface area contributed by atoms with Crippen molar-refractivity contribution in [3.63, 3.8) is 0 Å². The minimum atomic E-state index is -0.0792. The second-order valence-electron chi connectivity index (χ2n) is 6.58. The van der Waals surface area contributed by atoms with E-state index >= 15 is 0 Å². The zero-order chi connectivity index (χ0) is 16.9. The molecule has 3 rings (SSSR count). The van der Waals surface area contributed by atoms with Crippen molar-refractivity contribution >= 4 is 24.4 Å². The van der Waals surface area contributed by atoms with Gasteiger partial charge in [-0.05, 0) is 43.0 Å². The van der Waals surface area contributed by atoms with Gasteiger partial charge < -0.3 is 20.5 Å². The Hall–Kier alpha value is -1.72. The molecule has 1 aliphatic carbocycles. The van der Waals surface area contributed by atoms with Crippen LogP contribution >= 0.6 is 12.4 Å². The minimum Gasteiger partial charge on any atom is -0.497 e. The Labute approximate surface area is 155 Å². The van der Waals surface area contributed by atoms with Gasteiger partial charge in [0.1, 0.15) is 18.1 Å². The minimum absolute atomic E-state index is 0. The topological polar surface area (TPSA) is 73.6 Å². The van der Waals surface area contributed by atoms with Gasteiger partial charge in [-0.1, -0.05) is 19.3 Å². The van der Waals surface area contributed by atoms with Crippen LogP contribution in [0.25, 0.3) is 6.08 Å². The number of nitrogens with one attached hydrogen (secondary N) is 1. The summed E-state index contributed by atoms with van der Waals surface area (Å²) in [6.45, 7) is 0.766. The van der Waals surface area contributed by atoms with Crippen LogP contribution in [0.3, 0.4) is 0 Å². The summed E-state index contributed by atoms with van der Waals surface area (Å²) in [5.74, 6) is 1.93. The Morgan fingerprint density at radius 3 is 2.80 bits per heavy atom. The van der Waals surface area contributed by atoms with E-state index in [-0.39, 0.29) is 31.0 Å². The van der Waals surface area contributed by atoms with E-state index in [1.165, 1.54) is 19.3 Å². The van der Waals surface area contributed by atoms with Crippen LogP contribution in [-0.4, -0.2) is 32.2 Å². The van der Waals surface area contributed by atoms with Crippen molar-refractivity contribution in [2.24, 2.45) is 11.7 Å². The van der Waals surface area contributed by atoms with E-state index in [9.17, 15) is 4.79 Å². The lowest BCUT2D eigenvalue weighted by atomic mass is 9.84. The Morgan fingerprint density at radius 1 is 1.36 bits per heavy atom. The molecule has 25 heavy (non-hydrogen) atoms. The second kappa shape index (κ2) is 9.11. The molecule has 6 heteroatoms. The third-order valence-corrected chi connectivity index (χ3v) is 5.01. The highest BCUT2D eigenvalue weighted by Crippen LogP contribution is 2.30. The van der Waals surface area contributed by atoms with Crippen molar-refractivity contribution in [1.82, 2.24) is 5.32 Å². The maximum atomic E-state index is 12.6. The van der Waals surface area contributed by atoms with Gasteiger partial charge in [0.2, 0.25) is 0 Å². The highest BCUT2D eigenvalue weighted by Gasteiger charge is 2.26. The summed E-state index contributed by atoms with van der Waals surface area (Å²) in [4.78, 5) is 12.6. The number of amides is 1. The molecule has 1 aromatic carbocycles. The predicted octanol–water partition coefficient (Wildman–Crippen LogP) is 2.92. The Balaban J connectivity index is 0.00000225. The number of benzene rings is 1. The molecule has 0 aromatic heterocycles. The molecular weight excluding hydrogens is 340 g/mol. The zero-order valence-electron chi connectivity index (χ0n) is 14.6. The Kier molecular flexibility index (Phi) is 7.14. The van der Waals surface area contributed by atoms with E-state index in [0.29, 0.717) is 18.0 Å². The molecule has 0 saturated heterocycles. The van der Waals surface area contributed by atoms with Gasteiger partial charge in [-0.3, -0.25) is 4.79 Å². The molecule has 1 fully saturated rings. The molecule has 3 N–H and O–H groups in total. The summed E-state index contributed by atoms with van der Waals surface area (Å²) in [5.41, 5.74) is 7.41. The van der Waals surface area contributed by atoms with E-state index in [4.69, 9.17) is 15.2 Å². The van der Waals surface area contributed by atoms with Gasteiger partial charge in [0.15, 0.2) is 0 Å². The monoisotopic (exact) mass is 366 g/mol. The summed E-state index contributed by atoms with van der Waals surface area (Å²) in [6.07, 6.45) is 7.94. The molecule has 1 aromatic rings. The fourth-order valence-corrected chi connectivity index (χ4v) is 3.58. The molecule has 1 aliphatic heterocycles. The van der Waals surface area contributed by atoms with Crippen molar-refractivity contribution in [2.75, 3.05) is 20.3 Å². The van der Waals surface area contributed by atoms with Crippen molar-refractivity contribution in [3.05, 3.63) is 29.3 Å². The molecule has 1 saturated carbocycles. The normalized spacial score (nSPS) is 18.1. The van der Waals surface area contributed by atoms with E-state index in [2.05, 4.69) is 5.32 Å². The van der Waals surface area contributed by atoms with Crippen LogP contribution in [0.4, 0.5) is 0 Å². The van der Waals surface area contributed by atoms with Gasteiger partial charge in [0, 0.05) is 18.2 Å². The largest absolute Gasteiger partial charge is 0.497 e. The van der Waals surface area contributed by atoms with Crippen LogP contribution in [0.2, 0.25) is 0 Å². The van der Waals surface area contributed by atoms with E-state index in [1.54, 1.807) is 7.11 Å². The van der Waals surface area contributed by atoms with Gasteiger partial charge in [-0.25, -0.2) is 0 Å². The number of hydrogen-bond donors (Lipinski definition) is 2. The van der Waals surface area contributed by atoms with Crippen LogP contribution < -0.4 is 20.5 Å². The van der Waals surface area contributed by atoms with Crippen LogP contribution in [0.15, 0.2) is 23.8 Å². The highest BCUT2D eigenvalue weighted by molar-refractivity contribution is 5.99. The van der Waals surface area contributed by atoms with Gasteiger partial charge in [0.25, 0.3) is 5.91 Å². The smallest absolute Gasteiger partial charge is 0.250 e. The molecule has 1 amide bonds. The third-order valence-electron chi connectivity index (χ3n) is 5.01. The molecule has 5 nitrogen and oxygen atoms in total. The van der Waals surface area contributed by atoms with Gasteiger partial charge in [0.05, 0.1) is 12.7 Å². The van der Waals surface area contributed by atoms with E-state index in [1.807, 2.05) is 24.3 Å². The Bertz CT molecular complexity index is 627. The number of hydrogen-bond acceptors (Lipinski definition) is 4. The Morgan fingerprint density at radius 2 is 2.12 bits per heavy atom. The number of nitrogens with two attached hydrogens (primary N) is 1. The molecule has 0 bridgehead atoms. The molecule has 1 unspecified atom stereocenters. The lowest BCUT2D eigenvalue weighted by Crippen LogP contribution is -2.47. The predicted molar refractivity (Wildman–Crippen MR) is 101 cm³/mol. The van der Waals surface area contributed by atoms with Crippen LogP contribution in [0.1, 0.15) is 37.7 Å². The summed E-state index contributed by atoms with van der Waals surface area (Å²) in [6, 6.07) is 5.64. The summed E-state index contributed by atoms with van der Waals surface area (Å²) < 4.78 is 10.9. The van der Waals surface area contributed by atoms with Crippen molar-refractivity contribution < 1.29 is 14.3 Å². The van der Waals surface area contributed by atoms with E-state index < -0.39 is 0 Å². The fourth-order valence-electron chi connectivity index (χ4n) is 3.58. The number of carbonyl (C=O) groups is 1. The quantitative estimate of drug-likeness (QED) is 0.840. The first-order valence-corrected chi connectivity index (χ1v) is 8.73. The van der Waals surface area contributed by atoms with Gasteiger partial charge in [-0.15, -0.1) is 12.4 Å². The fraction of sp³-hybridized carbons (Fsp3) is 0.526. The molecule has 1 atom stereocenters. The maximum Gasteiger partial charge on any atom is 0.250 e. The van der Waals surface area contributed by atoms with Gasteiger partial charge in [-0.2, -0.15) is 0 Å². The molecule has 1 heterocycles. The molecule has 0 spiro atoms. The lowest BCUT2D eigenvalue weighted by Gasteiger charge is -2.30. The van der Waals surface area contributed by atoms with Gasteiger partial charge >= 0.3 is 0 Å². The molecule has 0 radical (unpaired) electrons. The summed E-state index contributed by atoms with van der Waals surface area (Å²) in [5, 5.41) is 3.12. The number of halogens is 1. The first-order valence-electron chi connectivity index (χ1n) is 8.73. The average molecular weight is 367 g/mol. The highest BCUT2D eigenvalue weighted by atomic mass is 35.5. The molecular formula is C19H27ClN2O3. The number of fused-ring (bicyclic) bond motifs is 1. The number of carbonyl (C=O) groups excluding carboxylic acids is 1. The standard InChI is InChI=1S/C19H26N2O3.ClH/c1-23-16-7-8-18-14(10-16)9-15(12-24-18)19(22)21-17(11-20)13-5-3-2-4-6-13;/h7-10,13,17H,2-6,11-12,20H2,1H3,(H,21,22);1H. The van der Waals surface area contributed by atoms with Crippen LogP contribution in [0, 0.1) is 5.92 Å². The van der Waals surface area contributed by atoms with Crippen molar-refractivity contribution in [3.8, 4) is 11.5 Å². The summed E-state index contributed by atoms with van der Waals surface area (Å²) in [7, 11) is 1.62. The van der Waals surface area contributed by atoms with Crippen LogP contribution in [0.5, 0.6) is 11.5 Å². The maximum absolute atomic E-state index is 12.6.